The van der Waals surface area contributed by atoms with E-state index in [-0.39, 0.29) is 23.8 Å². The standard InChI is InChI=1S/C11H26N2O2Si/c1-11(2,3)16(4,5)15-10-6-9(8-14)13(12)7-10/h9-10,14H,6-8,12H2,1-5H3/t9-,10+/m0/s1. The number of hydrogen-bond acceptors (Lipinski definition) is 4. The van der Waals surface area contributed by atoms with Crippen LogP contribution in [0, 0.1) is 0 Å². The SMILES string of the molecule is CC(C)(C)[Si](C)(C)O[C@@H]1C[C@@H](CO)N(N)C1. The normalized spacial score (nSPS) is 28.7. The molecule has 5 heteroatoms. The molecule has 96 valence electrons. The lowest BCUT2D eigenvalue weighted by Crippen LogP contribution is -2.45. The summed E-state index contributed by atoms with van der Waals surface area (Å²) in [6.07, 6.45) is 1.03. The van der Waals surface area contributed by atoms with E-state index in [1.807, 2.05) is 0 Å². The average molecular weight is 246 g/mol. The second kappa shape index (κ2) is 4.74. The Bertz CT molecular complexity index is 241. The van der Waals surface area contributed by atoms with Gasteiger partial charge in [0.05, 0.1) is 12.7 Å². The number of nitrogens with two attached hydrogens (primary N) is 1. The number of aliphatic hydroxyl groups excluding tert-OH is 1. The summed E-state index contributed by atoms with van der Waals surface area (Å²) in [4.78, 5) is 0. The van der Waals surface area contributed by atoms with Crippen LogP contribution in [0.3, 0.4) is 0 Å². The molecular formula is C11H26N2O2Si. The smallest absolute Gasteiger partial charge is 0.192 e. The highest BCUT2D eigenvalue weighted by Crippen LogP contribution is 2.38. The summed E-state index contributed by atoms with van der Waals surface area (Å²) in [5.41, 5.74) is 0. The molecule has 0 radical (unpaired) electrons. The highest BCUT2D eigenvalue weighted by molar-refractivity contribution is 6.74. The predicted octanol–water partition coefficient (Wildman–Crippen LogP) is 1.32. The Kier molecular flexibility index (Phi) is 4.18. The van der Waals surface area contributed by atoms with Gasteiger partial charge < -0.3 is 9.53 Å². The molecule has 3 N–H and O–H groups in total. The van der Waals surface area contributed by atoms with Crippen LogP contribution in [0.2, 0.25) is 18.1 Å². The Balaban J connectivity index is 2.57. The van der Waals surface area contributed by atoms with Crippen molar-refractivity contribution in [2.75, 3.05) is 13.2 Å². The van der Waals surface area contributed by atoms with Gasteiger partial charge in [-0.1, -0.05) is 20.8 Å². The Morgan fingerprint density at radius 1 is 1.44 bits per heavy atom. The van der Waals surface area contributed by atoms with Crippen molar-refractivity contribution < 1.29 is 9.53 Å². The molecule has 1 rings (SSSR count). The first-order chi connectivity index (χ1) is 7.17. The van der Waals surface area contributed by atoms with Crippen LogP contribution in [0.15, 0.2) is 0 Å². The van der Waals surface area contributed by atoms with Crippen molar-refractivity contribution in [3.8, 4) is 0 Å². The molecule has 1 heterocycles. The van der Waals surface area contributed by atoms with Crippen molar-refractivity contribution in [1.29, 1.82) is 0 Å². The van der Waals surface area contributed by atoms with Crippen LogP contribution < -0.4 is 5.84 Å². The number of hydrogen-bond donors (Lipinski definition) is 2. The molecule has 0 saturated carbocycles. The second-order valence-corrected chi connectivity index (χ2v) is 11.0. The van der Waals surface area contributed by atoms with Gasteiger partial charge in [0.15, 0.2) is 8.32 Å². The molecule has 1 aliphatic rings. The zero-order valence-electron chi connectivity index (χ0n) is 11.2. The first kappa shape index (κ1) is 14.1. The summed E-state index contributed by atoms with van der Waals surface area (Å²) in [5, 5.41) is 11.1. The van der Waals surface area contributed by atoms with Crippen molar-refractivity contribution in [3.63, 3.8) is 0 Å². The van der Waals surface area contributed by atoms with Gasteiger partial charge in [-0.2, -0.15) is 0 Å². The van der Waals surface area contributed by atoms with Gasteiger partial charge in [0, 0.05) is 12.6 Å². The highest BCUT2D eigenvalue weighted by Gasteiger charge is 2.41. The minimum atomic E-state index is -1.71. The van der Waals surface area contributed by atoms with E-state index in [4.69, 9.17) is 15.4 Å². The fraction of sp³-hybridized carbons (Fsp3) is 1.00. The maximum Gasteiger partial charge on any atom is 0.192 e. The van der Waals surface area contributed by atoms with Gasteiger partial charge in [-0.25, -0.2) is 5.01 Å². The summed E-state index contributed by atoms with van der Waals surface area (Å²) < 4.78 is 6.27. The maximum atomic E-state index is 9.15. The molecule has 0 aromatic rings. The van der Waals surface area contributed by atoms with Crippen molar-refractivity contribution in [1.82, 2.24) is 5.01 Å². The van der Waals surface area contributed by atoms with Gasteiger partial charge in [-0.05, 0) is 24.6 Å². The molecule has 0 spiro atoms. The Hall–Kier alpha value is 0.0569. The lowest BCUT2D eigenvalue weighted by molar-refractivity contribution is 0.158. The largest absolute Gasteiger partial charge is 0.413 e. The van der Waals surface area contributed by atoms with E-state index in [9.17, 15) is 0 Å². The first-order valence-corrected chi connectivity index (χ1v) is 8.88. The van der Waals surface area contributed by atoms with Crippen molar-refractivity contribution >= 4 is 8.32 Å². The molecule has 0 amide bonds. The van der Waals surface area contributed by atoms with Gasteiger partial charge in [0.2, 0.25) is 0 Å². The molecular weight excluding hydrogens is 220 g/mol. The van der Waals surface area contributed by atoms with Crippen LogP contribution in [0.25, 0.3) is 0 Å². The second-order valence-electron chi connectivity index (χ2n) is 6.27. The van der Waals surface area contributed by atoms with Gasteiger partial charge >= 0.3 is 0 Å². The summed E-state index contributed by atoms with van der Waals surface area (Å²) in [6, 6.07) is 0.0646. The quantitative estimate of drug-likeness (QED) is 0.582. The van der Waals surface area contributed by atoms with E-state index in [2.05, 4.69) is 33.9 Å². The molecule has 1 aliphatic heterocycles. The average Bonchev–Trinajstić information content (AvgIpc) is 2.43. The number of hydrazine groups is 1. The monoisotopic (exact) mass is 246 g/mol. The molecule has 0 bridgehead atoms. The maximum absolute atomic E-state index is 9.15. The number of aliphatic hydroxyl groups is 1. The van der Waals surface area contributed by atoms with Crippen LogP contribution in [0.4, 0.5) is 0 Å². The summed E-state index contributed by atoms with van der Waals surface area (Å²) in [6.45, 7) is 12.1. The van der Waals surface area contributed by atoms with Gasteiger partial charge in [0.1, 0.15) is 0 Å². The Morgan fingerprint density at radius 3 is 2.38 bits per heavy atom. The van der Waals surface area contributed by atoms with Crippen LogP contribution in [-0.4, -0.2) is 43.7 Å². The molecule has 2 atom stereocenters. The van der Waals surface area contributed by atoms with Crippen LogP contribution in [0.1, 0.15) is 27.2 Å². The molecule has 0 aromatic carbocycles. The molecule has 4 nitrogen and oxygen atoms in total. The van der Waals surface area contributed by atoms with Crippen LogP contribution in [-0.2, 0) is 4.43 Å². The van der Waals surface area contributed by atoms with E-state index < -0.39 is 8.32 Å². The number of nitrogens with zero attached hydrogens (tertiary/aromatic N) is 1. The van der Waals surface area contributed by atoms with Crippen molar-refractivity contribution in [3.05, 3.63) is 0 Å². The zero-order chi connectivity index (χ0) is 12.6. The minimum Gasteiger partial charge on any atom is -0.413 e. The van der Waals surface area contributed by atoms with Crippen molar-refractivity contribution in [2.24, 2.45) is 5.84 Å². The van der Waals surface area contributed by atoms with E-state index >= 15 is 0 Å². The molecule has 0 aliphatic carbocycles. The molecule has 0 unspecified atom stereocenters. The topological polar surface area (TPSA) is 58.7 Å². The van der Waals surface area contributed by atoms with Crippen LogP contribution >= 0.6 is 0 Å². The predicted molar refractivity (Wildman–Crippen MR) is 68.5 cm³/mol. The third kappa shape index (κ3) is 3.04. The molecule has 1 fully saturated rings. The zero-order valence-corrected chi connectivity index (χ0v) is 12.2. The Labute approximate surface area is 99.9 Å². The lowest BCUT2D eigenvalue weighted by Gasteiger charge is -2.38. The van der Waals surface area contributed by atoms with Gasteiger partial charge in [-0.3, -0.25) is 5.84 Å². The van der Waals surface area contributed by atoms with E-state index in [1.165, 1.54) is 0 Å². The van der Waals surface area contributed by atoms with E-state index in [1.54, 1.807) is 5.01 Å². The fourth-order valence-electron chi connectivity index (χ4n) is 1.76. The van der Waals surface area contributed by atoms with E-state index in [0.717, 1.165) is 13.0 Å². The third-order valence-electron chi connectivity index (χ3n) is 3.90. The highest BCUT2D eigenvalue weighted by atomic mass is 28.4. The number of rotatable bonds is 3. The summed E-state index contributed by atoms with van der Waals surface area (Å²) >= 11 is 0. The molecule has 16 heavy (non-hydrogen) atoms. The third-order valence-corrected chi connectivity index (χ3v) is 8.43. The van der Waals surface area contributed by atoms with Gasteiger partial charge in [0.25, 0.3) is 0 Å². The summed E-state index contributed by atoms with van der Waals surface area (Å²) in [5.74, 6) is 5.82. The Morgan fingerprint density at radius 2 is 2.00 bits per heavy atom. The van der Waals surface area contributed by atoms with Crippen LogP contribution in [0.5, 0.6) is 0 Å². The molecule has 0 aromatic heterocycles. The summed E-state index contributed by atoms with van der Waals surface area (Å²) in [7, 11) is -1.71. The minimum absolute atomic E-state index is 0.0646. The van der Waals surface area contributed by atoms with Crippen molar-refractivity contribution in [2.45, 2.75) is 57.5 Å². The van der Waals surface area contributed by atoms with E-state index in [0.29, 0.717) is 0 Å². The first-order valence-electron chi connectivity index (χ1n) is 5.97. The van der Waals surface area contributed by atoms with Gasteiger partial charge in [-0.15, -0.1) is 0 Å². The lowest BCUT2D eigenvalue weighted by atomic mass is 10.2. The fourth-order valence-corrected chi connectivity index (χ4v) is 3.11. The molecule has 1 saturated heterocycles.